The zero-order valence-electron chi connectivity index (χ0n) is 18.6. The summed E-state index contributed by atoms with van der Waals surface area (Å²) in [5, 5.41) is 16.5. The predicted octanol–water partition coefficient (Wildman–Crippen LogP) is 2.99. The Hall–Kier alpha value is -3.05. The van der Waals surface area contributed by atoms with Crippen molar-refractivity contribution in [1.29, 1.82) is 5.26 Å². The predicted molar refractivity (Wildman–Crippen MR) is 124 cm³/mol. The van der Waals surface area contributed by atoms with E-state index in [1.807, 2.05) is 12.1 Å². The van der Waals surface area contributed by atoms with Gasteiger partial charge in [-0.15, -0.1) is 0 Å². The number of H-pyrrole nitrogens is 1. The Bertz CT molecular complexity index is 1100. The maximum Gasteiger partial charge on any atom is 0.270 e. The molecule has 3 N–H and O–H groups in total. The number of nitrogens with zero attached hydrogens (tertiary/aromatic N) is 2. The van der Waals surface area contributed by atoms with Crippen LogP contribution in [0.2, 0.25) is 5.02 Å². The highest BCUT2D eigenvalue weighted by Gasteiger charge is 2.36. The molecule has 0 radical (unpaired) electrons. The lowest BCUT2D eigenvalue weighted by molar-refractivity contribution is -0.129. The Morgan fingerprint density at radius 2 is 2.09 bits per heavy atom. The molecule has 2 aromatic rings. The molecule has 1 aromatic carbocycles. The van der Waals surface area contributed by atoms with Gasteiger partial charge in [-0.1, -0.05) is 36.6 Å². The molecule has 2 unspecified atom stereocenters. The van der Waals surface area contributed by atoms with Gasteiger partial charge in [0.2, 0.25) is 11.8 Å². The van der Waals surface area contributed by atoms with Crippen LogP contribution in [0, 0.1) is 23.2 Å². The number of likely N-dealkylation sites (N-methyl/N-ethyl adjacent to an activating group) is 1. The minimum Gasteiger partial charge on any atom is -0.356 e. The van der Waals surface area contributed by atoms with E-state index < -0.39 is 12.1 Å². The van der Waals surface area contributed by atoms with E-state index in [0.717, 1.165) is 24.6 Å². The quantitative estimate of drug-likeness (QED) is 0.550. The molecule has 33 heavy (non-hydrogen) atoms. The molecule has 1 aromatic heterocycles. The van der Waals surface area contributed by atoms with Crippen molar-refractivity contribution in [1.82, 2.24) is 20.5 Å². The third-order valence-corrected chi connectivity index (χ3v) is 6.89. The monoisotopic (exact) mass is 469 g/mol. The van der Waals surface area contributed by atoms with Gasteiger partial charge in [0.05, 0.1) is 16.6 Å². The van der Waals surface area contributed by atoms with Crippen LogP contribution in [0.15, 0.2) is 24.3 Å². The van der Waals surface area contributed by atoms with Crippen LogP contribution >= 0.6 is 11.6 Å². The number of halogens is 1. The summed E-state index contributed by atoms with van der Waals surface area (Å²) in [6.07, 6.45) is 4.42. The molecular weight excluding hydrogens is 442 g/mol. The lowest BCUT2D eigenvalue weighted by Gasteiger charge is -2.29. The summed E-state index contributed by atoms with van der Waals surface area (Å²) in [4.78, 5) is 43.0. The minimum atomic E-state index is -0.788. The molecule has 8 nitrogen and oxygen atoms in total. The standard InChI is InChI=1S/C24H28ClN5O3/c1-30(24(33)19-12-15-4-2-6-18(25)21(15)29-19)20(10-14-7-8-14)23(32)28-17(13-26)11-16-5-3-9-27-22(16)31/h2,4,6,12,14,16-17,20,29H,3,5,7-11H2,1H3,(H,27,31)(H,28,32)/t16?,17-,20?/m0/s1. The van der Waals surface area contributed by atoms with E-state index in [9.17, 15) is 19.6 Å². The van der Waals surface area contributed by atoms with Gasteiger partial charge in [-0.3, -0.25) is 14.4 Å². The van der Waals surface area contributed by atoms with Crippen LogP contribution in [0.25, 0.3) is 10.9 Å². The summed E-state index contributed by atoms with van der Waals surface area (Å²) < 4.78 is 0. The molecule has 0 spiro atoms. The lowest BCUT2D eigenvalue weighted by Crippen LogP contribution is -2.51. The third kappa shape index (κ3) is 5.31. The number of nitrogens with one attached hydrogen (secondary N) is 3. The van der Waals surface area contributed by atoms with Crippen molar-refractivity contribution < 1.29 is 14.4 Å². The van der Waals surface area contributed by atoms with E-state index in [4.69, 9.17) is 11.6 Å². The minimum absolute atomic E-state index is 0.0740. The number of hydrogen-bond donors (Lipinski definition) is 3. The van der Waals surface area contributed by atoms with Gasteiger partial charge in [0.25, 0.3) is 5.91 Å². The average Bonchev–Trinajstić information content (AvgIpc) is 3.52. The first-order chi connectivity index (χ1) is 15.9. The highest BCUT2D eigenvalue weighted by atomic mass is 35.5. The van der Waals surface area contributed by atoms with E-state index in [1.165, 1.54) is 4.90 Å². The van der Waals surface area contributed by atoms with Gasteiger partial charge in [0, 0.05) is 24.9 Å². The Morgan fingerprint density at radius 1 is 1.30 bits per heavy atom. The van der Waals surface area contributed by atoms with Gasteiger partial charge in [-0.25, -0.2) is 0 Å². The van der Waals surface area contributed by atoms with E-state index in [-0.39, 0.29) is 30.1 Å². The molecule has 1 aliphatic heterocycles. The summed E-state index contributed by atoms with van der Waals surface area (Å²) in [5.74, 6) is -0.660. The number of carbonyl (C=O) groups is 3. The van der Waals surface area contributed by atoms with E-state index in [2.05, 4.69) is 21.7 Å². The van der Waals surface area contributed by atoms with Crippen molar-refractivity contribution in [2.24, 2.45) is 11.8 Å². The molecule has 4 rings (SSSR count). The molecule has 3 amide bonds. The first kappa shape index (κ1) is 23.1. The van der Waals surface area contributed by atoms with Crippen LogP contribution in [-0.4, -0.2) is 53.3 Å². The van der Waals surface area contributed by atoms with Crippen LogP contribution in [0.4, 0.5) is 0 Å². The summed E-state index contributed by atoms with van der Waals surface area (Å²) >= 11 is 6.23. The summed E-state index contributed by atoms with van der Waals surface area (Å²) in [7, 11) is 1.61. The second kappa shape index (κ2) is 9.84. The van der Waals surface area contributed by atoms with Gasteiger partial charge >= 0.3 is 0 Å². The van der Waals surface area contributed by atoms with Crippen molar-refractivity contribution in [2.75, 3.05) is 13.6 Å². The topological polar surface area (TPSA) is 118 Å². The van der Waals surface area contributed by atoms with Crippen molar-refractivity contribution in [3.63, 3.8) is 0 Å². The smallest absolute Gasteiger partial charge is 0.270 e. The number of hydrogen-bond acceptors (Lipinski definition) is 4. The summed E-state index contributed by atoms with van der Waals surface area (Å²) in [6, 6.07) is 7.77. The van der Waals surface area contributed by atoms with Crippen LogP contribution in [0.3, 0.4) is 0 Å². The number of piperidine rings is 1. The van der Waals surface area contributed by atoms with Crippen LogP contribution < -0.4 is 10.6 Å². The first-order valence-corrected chi connectivity index (χ1v) is 11.8. The van der Waals surface area contributed by atoms with Gasteiger partial charge in [0.15, 0.2) is 0 Å². The number of rotatable bonds is 8. The first-order valence-electron chi connectivity index (χ1n) is 11.4. The Kier molecular flexibility index (Phi) is 6.89. The van der Waals surface area contributed by atoms with Crippen LogP contribution in [0.5, 0.6) is 0 Å². The number of aromatic nitrogens is 1. The molecule has 174 valence electrons. The average molecular weight is 470 g/mol. The van der Waals surface area contributed by atoms with Crippen LogP contribution in [0.1, 0.15) is 49.0 Å². The van der Waals surface area contributed by atoms with Crippen molar-refractivity contribution >= 4 is 40.2 Å². The van der Waals surface area contributed by atoms with Crippen molar-refractivity contribution in [3.8, 4) is 6.07 Å². The van der Waals surface area contributed by atoms with Crippen LogP contribution in [-0.2, 0) is 9.59 Å². The number of fused-ring (bicyclic) bond motifs is 1. The fraction of sp³-hybridized carbons (Fsp3) is 0.500. The summed E-state index contributed by atoms with van der Waals surface area (Å²) in [5.41, 5.74) is 1.03. The highest BCUT2D eigenvalue weighted by Crippen LogP contribution is 2.35. The molecule has 2 fully saturated rings. The fourth-order valence-corrected chi connectivity index (χ4v) is 4.66. The van der Waals surface area contributed by atoms with E-state index in [1.54, 1.807) is 19.2 Å². The number of benzene rings is 1. The zero-order chi connectivity index (χ0) is 23.5. The van der Waals surface area contributed by atoms with Gasteiger partial charge in [-0.05, 0) is 43.7 Å². The second-order valence-electron chi connectivity index (χ2n) is 9.05. The van der Waals surface area contributed by atoms with E-state index in [0.29, 0.717) is 41.5 Å². The SMILES string of the molecule is CN(C(=O)c1cc2cccc(Cl)c2[nH]1)C(CC1CC1)C(=O)N[C@H](C#N)CC1CCCNC1=O. The third-order valence-electron chi connectivity index (χ3n) is 6.57. The number of nitriles is 1. The van der Waals surface area contributed by atoms with E-state index >= 15 is 0 Å². The Morgan fingerprint density at radius 3 is 2.76 bits per heavy atom. The Labute approximate surface area is 197 Å². The molecule has 9 heteroatoms. The zero-order valence-corrected chi connectivity index (χ0v) is 19.3. The number of amides is 3. The number of aromatic amines is 1. The maximum absolute atomic E-state index is 13.2. The highest BCUT2D eigenvalue weighted by molar-refractivity contribution is 6.35. The molecule has 2 aliphatic rings. The van der Waals surface area contributed by atoms with Gasteiger partial charge < -0.3 is 20.5 Å². The van der Waals surface area contributed by atoms with Gasteiger partial charge in [-0.2, -0.15) is 5.26 Å². The molecule has 3 atom stereocenters. The normalized spacial score (nSPS) is 19.9. The number of carbonyl (C=O) groups excluding carboxylic acids is 3. The molecule has 1 saturated heterocycles. The molecular formula is C24H28ClN5O3. The largest absolute Gasteiger partial charge is 0.356 e. The molecule has 0 bridgehead atoms. The fourth-order valence-electron chi connectivity index (χ4n) is 4.43. The Balaban J connectivity index is 1.48. The molecule has 2 heterocycles. The molecule has 1 saturated carbocycles. The second-order valence-corrected chi connectivity index (χ2v) is 9.46. The lowest BCUT2D eigenvalue weighted by atomic mass is 9.92. The molecule has 1 aliphatic carbocycles. The maximum atomic E-state index is 13.2. The van der Waals surface area contributed by atoms with Crippen molar-refractivity contribution in [2.45, 2.75) is 50.6 Å². The number of para-hydroxylation sites is 1. The van der Waals surface area contributed by atoms with Crippen molar-refractivity contribution in [3.05, 3.63) is 35.0 Å². The summed E-state index contributed by atoms with van der Waals surface area (Å²) in [6.45, 7) is 0.647. The van der Waals surface area contributed by atoms with Gasteiger partial charge in [0.1, 0.15) is 17.8 Å².